The molecule has 17 heavy (non-hydrogen) atoms. The molecule has 0 bridgehead atoms. The van der Waals surface area contributed by atoms with Gasteiger partial charge in [-0.05, 0) is 24.2 Å². The van der Waals surface area contributed by atoms with Crippen LogP contribution in [0.5, 0.6) is 0 Å². The van der Waals surface area contributed by atoms with E-state index < -0.39 is 0 Å². The molecule has 0 aromatic rings. The molecular weight excluding hydrogens is 216 g/mol. The summed E-state index contributed by atoms with van der Waals surface area (Å²) in [6.07, 6.45) is 2.28. The molecule has 1 aliphatic carbocycles. The van der Waals surface area contributed by atoms with Gasteiger partial charge < -0.3 is 4.74 Å². The molecule has 1 rings (SSSR count). The number of esters is 1. The molecular formula is C14H24O3. The molecule has 0 N–H and O–H groups in total. The van der Waals surface area contributed by atoms with Gasteiger partial charge in [-0.25, -0.2) is 0 Å². The molecule has 1 saturated carbocycles. The molecule has 3 nitrogen and oxygen atoms in total. The van der Waals surface area contributed by atoms with Crippen molar-refractivity contribution in [3.63, 3.8) is 0 Å². The maximum absolute atomic E-state index is 12.3. The van der Waals surface area contributed by atoms with Crippen LogP contribution in [0, 0.1) is 16.7 Å². The lowest BCUT2D eigenvalue weighted by Gasteiger charge is -2.39. The van der Waals surface area contributed by atoms with Gasteiger partial charge in [0.15, 0.2) is 12.4 Å². The Kier molecular flexibility index (Phi) is 4.00. The standard InChI is InChI=1S/C14H24O3/c1-6-12(16)17-9-11(15)14(5)8-7-10(2)13(14,3)4/h10H,6-9H2,1-5H3/t10-,14+/m1/s1. The van der Waals surface area contributed by atoms with E-state index in [4.69, 9.17) is 4.74 Å². The Morgan fingerprint density at radius 1 is 1.29 bits per heavy atom. The smallest absolute Gasteiger partial charge is 0.305 e. The van der Waals surface area contributed by atoms with E-state index in [-0.39, 0.29) is 29.2 Å². The Labute approximate surface area is 104 Å². The van der Waals surface area contributed by atoms with E-state index in [2.05, 4.69) is 20.8 Å². The minimum atomic E-state index is -0.361. The van der Waals surface area contributed by atoms with Crippen LogP contribution < -0.4 is 0 Å². The predicted octanol–water partition coefficient (Wildman–Crippen LogP) is 2.97. The summed E-state index contributed by atoms with van der Waals surface area (Å²) in [6, 6.07) is 0. The van der Waals surface area contributed by atoms with Crippen molar-refractivity contribution in [2.75, 3.05) is 6.61 Å². The van der Waals surface area contributed by atoms with Gasteiger partial charge in [0.25, 0.3) is 0 Å². The lowest BCUT2D eigenvalue weighted by atomic mass is 9.64. The van der Waals surface area contributed by atoms with Gasteiger partial charge in [-0.2, -0.15) is 0 Å². The number of hydrogen-bond acceptors (Lipinski definition) is 3. The number of Topliss-reactive ketones (excluding diaryl/α,β-unsaturated/α-hetero) is 1. The minimum absolute atomic E-state index is 0.0251. The van der Waals surface area contributed by atoms with Crippen LogP contribution in [0.1, 0.15) is 53.9 Å². The summed E-state index contributed by atoms with van der Waals surface area (Å²) >= 11 is 0. The minimum Gasteiger partial charge on any atom is -0.458 e. The largest absolute Gasteiger partial charge is 0.458 e. The van der Waals surface area contributed by atoms with Crippen molar-refractivity contribution < 1.29 is 14.3 Å². The zero-order valence-corrected chi connectivity index (χ0v) is 11.6. The van der Waals surface area contributed by atoms with Crippen molar-refractivity contribution >= 4 is 11.8 Å². The van der Waals surface area contributed by atoms with Gasteiger partial charge in [0.05, 0.1) is 0 Å². The fourth-order valence-electron chi connectivity index (χ4n) is 2.64. The molecule has 0 aromatic carbocycles. The lowest BCUT2D eigenvalue weighted by molar-refractivity contribution is -0.152. The maximum atomic E-state index is 12.3. The summed E-state index contributed by atoms with van der Waals surface area (Å²) in [7, 11) is 0. The van der Waals surface area contributed by atoms with Gasteiger partial charge in [-0.1, -0.05) is 34.6 Å². The highest BCUT2D eigenvalue weighted by atomic mass is 16.5. The molecule has 0 heterocycles. The van der Waals surface area contributed by atoms with Crippen LogP contribution in [-0.2, 0) is 14.3 Å². The first-order valence-electron chi connectivity index (χ1n) is 6.44. The summed E-state index contributed by atoms with van der Waals surface area (Å²) in [5.74, 6) is 0.290. The lowest BCUT2D eigenvalue weighted by Crippen LogP contribution is -2.42. The van der Waals surface area contributed by atoms with Gasteiger partial charge in [0.2, 0.25) is 0 Å². The van der Waals surface area contributed by atoms with Gasteiger partial charge in [-0.3, -0.25) is 9.59 Å². The third-order valence-corrected chi connectivity index (χ3v) is 5.00. The monoisotopic (exact) mass is 240 g/mol. The zero-order valence-electron chi connectivity index (χ0n) is 11.6. The molecule has 2 atom stereocenters. The van der Waals surface area contributed by atoms with Crippen molar-refractivity contribution in [3.05, 3.63) is 0 Å². The first kappa shape index (κ1) is 14.2. The van der Waals surface area contributed by atoms with Crippen LogP contribution in [0.2, 0.25) is 0 Å². The number of carbonyl (C=O) groups excluding carboxylic acids is 2. The highest BCUT2D eigenvalue weighted by Gasteiger charge is 2.53. The predicted molar refractivity (Wildman–Crippen MR) is 66.5 cm³/mol. The van der Waals surface area contributed by atoms with E-state index in [1.54, 1.807) is 6.92 Å². The number of ether oxygens (including phenoxy) is 1. The summed E-state index contributed by atoms with van der Waals surface area (Å²) in [5, 5.41) is 0. The van der Waals surface area contributed by atoms with Crippen LogP contribution in [0.3, 0.4) is 0 Å². The van der Waals surface area contributed by atoms with Crippen LogP contribution in [0.15, 0.2) is 0 Å². The SMILES string of the molecule is CCC(=O)OCC(=O)[C@]1(C)CC[C@@H](C)C1(C)C. The first-order valence-corrected chi connectivity index (χ1v) is 6.44. The third-order valence-electron chi connectivity index (χ3n) is 5.00. The van der Waals surface area contributed by atoms with E-state index >= 15 is 0 Å². The second kappa shape index (κ2) is 4.79. The summed E-state index contributed by atoms with van der Waals surface area (Å²) in [4.78, 5) is 23.4. The zero-order chi connectivity index (χ0) is 13.3. The molecule has 0 spiro atoms. The molecule has 3 heteroatoms. The Balaban J connectivity index is 2.71. The molecule has 0 aliphatic heterocycles. The average molecular weight is 240 g/mol. The second-order valence-electron chi connectivity index (χ2n) is 5.93. The maximum Gasteiger partial charge on any atom is 0.305 e. The first-order chi connectivity index (χ1) is 7.75. The third kappa shape index (κ3) is 2.38. The summed E-state index contributed by atoms with van der Waals surface area (Å²) in [6.45, 7) is 10.2. The average Bonchev–Trinajstić information content (AvgIpc) is 2.50. The quantitative estimate of drug-likeness (QED) is 0.709. The van der Waals surface area contributed by atoms with Crippen molar-refractivity contribution in [1.29, 1.82) is 0 Å². The normalized spacial score (nSPS) is 31.2. The van der Waals surface area contributed by atoms with Crippen molar-refractivity contribution in [2.24, 2.45) is 16.7 Å². The number of carbonyl (C=O) groups is 2. The second-order valence-corrected chi connectivity index (χ2v) is 5.93. The van der Waals surface area contributed by atoms with Crippen LogP contribution in [0.4, 0.5) is 0 Å². The van der Waals surface area contributed by atoms with E-state index in [0.717, 1.165) is 12.8 Å². The van der Waals surface area contributed by atoms with Crippen LogP contribution in [0.25, 0.3) is 0 Å². The molecule has 0 radical (unpaired) electrons. The summed E-state index contributed by atoms with van der Waals surface area (Å²) in [5.41, 5.74) is -0.386. The fraction of sp³-hybridized carbons (Fsp3) is 0.857. The Bertz CT molecular complexity index is 319. The van der Waals surface area contributed by atoms with Crippen molar-refractivity contribution in [3.8, 4) is 0 Å². The van der Waals surface area contributed by atoms with Crippen molar-refractivity contribution in [1.82, 2.24) is 0 Å². The van der Waals surface area contributed by atoms with Gasteiger partial charge in [0, 0.05) is 11.8 Å². The van der Waals surface area contributed by atoms with Gasteiger partial charge >= 0.3 is 5.97 Å². The van der Waals surface area contributed by atoms with E-state index in [0.29, 0.717) is 12.3 Å². The van der Waals surface area contributed by atoms with Crippen LogP contribution in [-0.4, -0.2) is 18.4 Å². The Morgan fingerprint density at radius 3 is 2.29 bits per heavy atom. The highest BCUT2D eigenvalue weighted by Crippen LogP contribution is 2.56. The molecule has 0 amide bonds. The molecule has 98 valence electrons. The molecule has 0 saturated heterocycles. The highest BCUT2D eigenvalue weighted by molar-refractivity contribution is 5.88. The van der Waals surface area contributed by atoms with Gasteiger partial charge in [-0.15, -0.1) is 0 Å². The van der Waals surface area contributed by atoms with Crippen LogP contribution >= 0.6 is 0 Å². The Hall–Kier alpha value is -0.860. The van der Waals surface area contributed by atoms with E-state index in [1.165, 1.54) is 0 Å². The topological polar surface area (TPSA) is 43.4 Å². The number of rotatable bonds is 4. The molecule has 1 fully saturated rings. The Morgan fingerprint density at radius 2 is 1.88 bits per heavy atom. The fourth-order valence-corrected chi connectivity index (χ4v) is 2.64. The van der Waals surface area contributed by atoms with Gasteiger partial charge in [0.1, 0.15) is 0 Å². The number of hydrogen-bond donors (Lipinski definition) is 0. The van der Waals surface area contributed by atoms with E-state index in [9.17, 15) is 9.59 Å². The van der Waals surface area contributed by atoms with E-state index in [1.807, 2.05) is 6.92 Å². The molecule has 1 aliphatic rings. The molecule has 0 aromatic heterocycles. The van der Waals surface area contributed by atoms with Crippen molar-refractivity contribution in [2.45, 2.75) is 53.9 Å². The summed E-state index contributed by atoms with van der Waals surface area (Å²) < 4.78 is 4.97. The molecule has 0 unspecified atom stereocenters. The number of ketones is 1.